The Bertz CT molecular complexity index is 922. The standard InChI is InChI=1S/C22H24ClFN2O4/c1-14-11-26(15(2)10-25(14)12-16-6-8-17(24)9-7-16)20(27)13-30-21-18(22(28)29)4-3-5-19(21)23/h3-9,14-15H,10-13H2,1-2H3,(H,28,29)/t14-,15+/m0/s1. The average molecular weight is 435 g/mol. The van der Waals surface area contributed by atoms with E-state index in [9.17, 15) is 19.1 Å². The number of hydrogen-bond donors (Lipinski definition) is 1. The fourth-order valence-electron chi connectivity index (χ4n) is 3.63. The molecule has 30 heavy (non-hydrogen) atoms. The molecule has 0 radical (unpaired) electrons. The number of benzene rings is 2. The van der Waals surface area contributed by atoms with Crippen molar-refractivity contribution >= 4 is 23.5 Å². The molecule has 0 saturated carbocycles. The van der Waals surface area contributed by atoms with Crippen LogP contribution in [0, 0.1) is 5.82 Å². The van der Waals surface area contributed by atoms with Crippen molar-refractivity contribution in [2.24, 2.45) is 0 Å². The number of amides is 1. The molecule has 0 aliphatic carbocycles. The second-order valence-corrected chi connectivity index (χ2v) is 7.92. The molecule has 160 valence electrons. The van der Waals surface area contributed by atoms with Gasteiger partial charge in [-0.1, -0.05) is 29.8 Å². The van der Waals surface area contributed by atoms with Crippen LogP contribution in [0.25, 0.3) is 0 Å². The van der Waals surface area contributed by atoms with E-state index in [1.165, 1.54) is 30.3 Å². The van der Waals surface area contributed by atoms with Gasteiger partial charge in [0.15, 0.2) is 12.4 Å². The SMILES string of the molecule is C[C@@H]1CN(Cc2ccc(F)cc2)[C@@H](C)CN1C(=O)COc1c(Cl)cccc1C(=O)O. The van der Waals surface area contributed by atoms with Crippen LogP contribution in [0.4, 0.5) is 4.39 Å². The van der Waals surface area contributed by atoms with Crippen molar-refractivity contribution in [1.29, 1.82) is 0 Å². The molecule has 6 nitrogen and oxygen atoms in total. The number of hydrogen-bond acceptors (Lipinski definition) is 4. The monoisotopic (exact) mass is 434 g/mol. The van der Waals surface area contributed by atoms with E-state index in [1.807, 2.05) is 13.8 Å². The number of rotatable bonds is 6. The molecule has 3 rings (SSSR count). The molecule has 1 heterocycles. The number of carbonyl (C=O) groups excluding carboxylic acids is 1. The van der Waals surface area contributed by atoms with Gasteiger partial charge in [0.2, 0.25) is 0 Å². The zero-order valence-electron chi connectivity index (χ0n) is 16.8. The summed E-state index contributed by atoms with van der Waals surface area (Å²) in [4.78, 5) is 28.1. The lowest BCUT2D eigenvalue weighted by Crippen LogP contribution is -2.58. The molecule has 0 bridgehead atoms. The summed E-state index contributed by atoms with van der Waals surface area (Å²) in [5.74, 6) is -1.67. The first-order valence-corrected chi connectivity index (χ1v) is 10.1. The maximum absolute atomic E-state index is 13.1. The van der Waals surface area contributed by atoms with E-state index >= 15 is 0 Å². The van der Waals surface area contributed by atoms with Crippen LogP contribution in [0.3, 0.4) is 0 Å². The van der Waals surface area contributed by atoms with Crippen molar-refractivity contribution in [2.45, 2.75) is 32.5 Å². The van der Waals surface area contributed by atoms with Crippen LogP contribution in [-0.4, -0.2) is 58.6 Å². The predicted molar refractivity (Wildman–Crippen MR) is 111 cm³/mol. The topological polar surface area (TPSA) is 70.1 Å². The summed E-state index contributed by atoms with van der Waals surface area (Å²) in [6, 6.07) is 10.9. The van der Waals surface area contributed by atoms with Gasteiger partial charge in [-0.05, 0) is 43.7 Å². The fraction of sp³-hybridized carbons (Fsp3) is 0.364. The van der Waals surface area contributed by atoms with Gasteiger partial charge in [-0.3, -0.25) is 9.69 Å². The zero-order chi connectivity index (χ0) is 21.8. The lowest BCUT2D eigenvalue weighted by molar-refractivity contribution is -0.139. The number of piperazine rings is 1. The van der Waals surface area contributed by atoms with E-state index in [-0.39, 0.29) is 46.8 Å². The Morgan fingerprint density at radius 3 is 2.50 bits per heavy atom. The van der Waals surface area contributed by atoms with Gasteiger partial charge in [0.1, 0.15) is 11.4 Å². The molecule has 1 fully saturated rings. The third-order valence-corrected chi connectivity index (χ3v) is 5.57. The lowest BCUT2D eigenvalue weighted by Gasteiger charge is -2.44. The summed E-state index contributed by atoms with van der Waals surface area (Å²) in [5.41, 5.74) is 0.930. The summed E-state index contributed by atoms with van der Waals surface area (Å²) in [7, 11) is 0. The van der Waals surface area contributed by atoms with E-state index in [0.717, 1.165) is 5.56 Å². The summed E-state index contributed by atoms with van der Waals surface area (Å²) in [5, 5.41) is 9.43. The van der Waals surface area contributed by atoms with Gasteiger partial charge in [0.05, 0.1) is 5.02 Å². The molecule has 2 aromatic rings. The van der Waals surface area contributed by atoms with Gasteiger partial charge in [-0.15, -0.1) is 0 Å². The van der Waals surface area contributed by atoms with Gasteiger partial charge in [0.25, 0.3) is 5.91 Å². The number of para-hydroxylation sites is 1. The summed E-state index contributed by atoms with van der Waals surface area (Å²) in [6.45, 7) is 5.55. The van der Waals surface area contributed by atoms with Crippen molar-refractivity contribution in [3.8, 4) is 5.75 Å². The molecule has 0 aromatic heterocycles. The molecule has 1 saturated heterocycles. The van der Waals surface area contributed by atoms with Crippen LogP contribution < -0.4 is 4.74 Å². The molecule has 1 N–H and O–H groups in total. The molecule has 0 unspecified atom stereocenters. The third-order valence-electron chi connectivity index (χ3n) is 5.27. The predicted octanol–water partition coefficient (Wildman–Crippen LogP) is 3.68. The van der Waals surface area contributed by atoms with Crippen molar-refractivity contribution in [2.75, 3.05) is 19.7 Å². The number of carboxylic acids is 1. The Kier molecular flexibility index (Phi) is 6.95. The van der Waals surface area contributed by atoms with Gasteiger partial charge >= 0.3 is 5.97 Å². The zero-order valence-corrected chi connectivity index (χ0v) is 17.6. The van der Waals surface area contributed by atoms with E-state index in [0.29, 0.717) is 19.6 Å². The van der Waals surface area contributed by atoms with Crippen molar-refractivity contribution in [1.82, 2.24) is 9.80 Å². The first-order chi connectivity index (χ1) is 14.3. The number of halogens is 2. The maximum atomic E-state index is 13.1. The summed E-state index contributed by atoms with van der Waals surface area (Å²) >= 11 is 6.06. The number of ether oxygens (including phenoxy) is 1. The second-order valence-electron chi connectivity index (χ2n) is 7.51. The minimum absolute atomic E-state index is 0.00401. The molecule has 0 spiro atoms. The Hall–Kier alpha value is -2.64. The van der Waals surface area contributed by atoms with Crippen LogP contribution in [0.2, 0.25) is 5.02 Å². The molecule has 1 aliphatic rings. The van der Waals surface area contributed by atoms with Crippen LogP contribution >= 0.6 is 11.6 Å². The van der Waals surface area contributed by atoms with Gasteiger partial charge < -0.3 is 14.7 Å². The Balaban J connectivity index is 1.62. The van der Waals surface area contributed by atoms with Crippen molar-refractivity contribution in [3.63, 3.8) is 0 Å². The van der Waals surface area contributed by atoms with E-state index in [2.05, 4.69) is 4.90 Å². The van der Waals surface area contributed by atoms with Crippen LogP contribution in [0.1, 0.15) is 29.8 Å². The van der Waals surface area contributed by atoms with E-state index in [4.69, 9.17) is 16.3 Å². The van der Waals surface area contributed by atoms with E-state index in [1.54, 1.807) is 17.0 Å². The van der Waals surface area contributed by atoms with Crippen LogP contribution in [-0.2, 0) is 11.3 Å². The van der Waals surface area contributed by atoms with E-state index < -0.39 is 5.97 Å². The first kappa shape index (κ1) is 22.1. The summed E-state index contributed by atoms with van der Waals surface area (Å²) in [6.07, 6.45) is 0. The average Bonchev–Trinajstić information content (AvgIpc) is 2.70. The highest BCUT2D eigenvalue weighted by molar-refractivity contribution is 6.32. The molecular weight excluding hydrogens is 411 g/mol. The third kappa shape index (κ3) is 5.09. The fourth-order valence-corrected chi connectivity index (χ4v) is 3.86. The number of aromatic carboxylic acids is 1. The molecule has 2 aromatic carbocycles. The second kappa shape index (κ2) is 9.45. The Morgan fingerprint density at radius 1 is 1.13 bits per heavy atom. The molecule has 8 heteroatoms. The first-order valence-electron chi connectivity index (χ1n) is 9.68. The van der Waals surface area contributed by atoms with Crippen molar-refractivity contribution in [3.05, 3.63) is 64.4 Å². The normalized spacial score (nSPS) is 19.5. The number of nitrogens with zero attached hydrogens (tertiary/aromatic N) is 2. The van der Waals surface area contributed by atoms with Crippen LogP contribution in [0.15, 0.2) is 42.5 Å². The highest BCUT2D eigenvalue weighted by Crippen LogP contribution is 2.29. The quantitative estimate of drug-likeness (QED) is 0.751. The van der Waals surface area contributed by atoms with Crippen molar-refractivity contribution < 1.29 is 23.8 Å². The maximum Gasteiger partial charge on any atom is 0.339 e. The van der Waals surface area contributed by atoms with Gasteiger partial charge in [-0.2, -0.15) is 0 Å². The van der Waals surface area contributed by atoms with Crippen LogP contribution in [0.5, 0.6) is 5.75 Å². The molecule has 1 amide bonds. The highest BCUT2D eigenvalue weighted by atomic mass is 35.5. The summed E-state index contributed by atoms with van der Waals surface area (Å²) < 4.78 is 18.6. The molecular formula is C22H24ClFN2O4. The Labute approximate surface area is 179 Å². The minimum atomic E-state index is -1.17. The lowest BCUT2D eigenvalue weighted by atomic mass is 10.1. The number of carboxylic acid groups (broad SMARTS) is 1. The molecule has 1 aliphatic heterocycles. The number of carbonyl (C=O) groups is 2. The largest absolute Gasteiger partial charge is 0.481 e. The van der Waals surface area contributed by atoms with Gasteiger partial charge in [0, 0.05) is 31.7 Å². The smallest absolute Gasteiger partial charge is 0.339 e. The highest BCUT2D eigenvalue weighted by Gasteiger charge is 2.32. The molecule has 2 atom stereocenters. The van der Waals surface area contributed by atoms with Gasteiger partial charge in [-0.25, -0.2) is 9.18 Å². The Morgan fingerprint density at radius 2 is 1.83 bits per heavy atom. The minimum Gasteiger partial charge on any atom is -0.481 e.